The van der Waals surface area contributed by atoms with Crippen LogP contribution in [0, 0.1) is 0 Å². The summed E-state index contributed by atoms with van der Waals surface area (Å²) in [5, 5.41) is 4.95. The van der Waals surface area contributed by atoms with Crippen LogP contribution in [0.3, 0.4) is 0 Å². The third-order valence-electron chi connectivity index (χ3n) is 3.32. The second kappa shape index (κ2) is 7.04. The van der Waals surface area contributed by atoms with E-state index in [4.69, 9.17) is 4.74 Å². The number of benzene rings is 1. The average Bonchev–Trinajstić information content (AvgIpc) is 2.55. The molecule has 23 heavy (non-hydrogen) atoms. The lowest BCUT2D eigenvalue weighted by Gasteiger charge is -2.12. The Labute approximate surface area is 133 Å². The average molecular weight is 317 g/mol. The minimum Gasteiger partial charge on any atom is -0.451 e. The summed E-state index contributed by atoms with van der Waals surface area (Å²) in [5.41, 5.74) is -0.205. The molecule has 0 atom stereocenters. The molecule has 0 spiro atoms. The predicted molar refractivity (Wildman–Crippen MR) is 85.3 cm³/mol. The maximum Gasteiger partial charge on any atom is 0.359 e. The molecule has 0 unspecified atom stereocenters. The SMILES string of the molecule is CCCn1nc(C(=O)OCC(=O)N(C)C)c2ccccc2c1=O. The Kier molecular flexibility index (Phi) is 5.10. The van der Waals surface area contributed by atoms with E-state index in [1.54, 1.807) is 38.4 Å². The van der Waals surface area contributed by atoms with E-state index in [-0.39, 0.29) is 23.8 Å². The van der Waals surface area contributed by atoms with Gasteiger partial charge in [0.05, 0.1) is 5.39 Å². The summed E-state index contributed by atoms with van der Waals surface area (Å²) >= 11 is 0. The Hall–Kier alpha value is -2.70. The number of amides is 1. The van der Waals surface area contributed by atoms with Gasteiger partial charge in [-0.15, -0.1) is 0 Å². The molecule has 0 aliphatic heterocycles. The van der Waals surface area contributed by atoms with Crippen LogP contribution in [0.25, 0.3) is 10.8 Å². The van der Waals surface area contributed by atoms with Crippen LogP contribution >= 0.6 is 0 Å². The van der Waals surface area contributed by atoms with Gasteiger partial charge < -0.3 is 9.64 Å². The third kappa shape index (κ3) is 3.56. The van der Waals surface area contributed by atoms with Crippen LogP contribution in [0.2, 0.25) is 0 Å². The van der Waals surface area contributed by atoms with Crippen molar-refractivity contribution in [2.45, 2.75) is 19.9 Å². The standard InChI is InChI=1S/C16H19N3O4/c1-4-9-19-15(21)12-8-6-5-7-11(12)14(17-19)16(22)23-10-13(20)18(2)3/h5-8H,4,9-10H2,1-3H3. The number of hydrogen-bond donors (Lipinski definition) is 0. The monoisotopic (exact) mass is 317 g/mol. The Morgan fingerprint density at radius 1 is 1.22 bits per heavy atom. The van der Waals surface area contributed by atoms with Crippen molar-refractivity contribution in [3.05, 3.63) is 40.3 Å². The molecule has 0 N–H and O–H groups in total. The molecule has 2 aromatic rings. The molecule has 7 heteroatoms. The Morgan fingerprint density at radius 2 is 1.87 bits per heavy atom. The second-order valence-electron chi connectivity index (χ2n) is 5.29. The van der Waals surface area contributed by atoms with Crippen LogP contribution < -0.4 is 5.56 Å². The first-order chi connectivity index (χ1) is 11.0. The van der Waals surface area contributed by atoms with Crippen molar-refractivity contribution in [1.82, 2.24) is 14.7 Å². The number of carbonyl (C=O) groups excluding carboxylic acids is 2. The van der Waals surface area contributed by atoms with Gasteiger partial charge in [0.15, 0.2) is 12.3 Å². The lowest BCUT2D eigenvalue weighted by molar-refractivity contribution is -0.131. The maximum atomic E-state index is 12.3. The van der Waals surface area contributed by atoms with E-state index in [1.165, 1.54) is 9.58 Å². The summed E-state index contributed by atoms with van der Waals surface area (Å²) in [5.74, 6) is -1.05. The van der Waals surface area contributed by atoms with E-state index in [1.807, 2.05) is 6.92 Å². The van der Waals surface area contributed by atoms with E-state index in [0.29, 0.717) is 23.7 Å². The minimum absolute atomic E-state index is 0.0419. The molecule has 2 rings (SSSR count). The highest BCUT2D eigenvalue weighted by atomic mass is 16.5. The van der Waals surface area contributed by atoms with Crippen molar-refractivity contribution in [3.63, 3.8) is 0 Å². The second-order valence-corrected chi connectivity index (χ2v) is 5.29. The highest BCUT2D eigenvalue weighted by Gasteiger charge is 2.19. The summed E-state index contributed by atoms with van der Waals surface area (Å²) in [7, 11) is 3.15. The summed E-state index contributed by atoms with van der Waals surface area (Å²) in [6.07, 6.45) is 0.707. The van der Waals surface area contributed by atoms with Gasteiger partial charge in [-0.25, -0.2) is 9.48 Å². The number of ether oxygens (including phenoxy) is 1. The van der Waals surface area contributed by atoms with Gasteiger partial charge in [-0.1, -0.05) is 25.1 Å². The number of carbonyl (C=O) groups is 2. The normalized spacial score (nSPS) is 10.6. The Morgan fingerprint density at radius 3 is 2.48 bits per heavy atom. The molecular formula is C16H19N3O4. The first kappa shape index (κ1) is 16.7. The minimum atomic E-state index is -0.721. The number of rotatable bonds is 5. The van der Waals surface area contributed by atoms with Gasteiger partial charge in [0.2, 0.25) is 0 Å². The number of fused-ring (bicyclic) bond motifs is 1. The fourth-order valence-electron chi connectivity index (χ4n) is 2.07. The summed E-state index contributed by atoms with van der Waals surface area (Å²) in [6, 6.07) is 6.73. The zero-order valence-electron chi connectivity index (χ0n) is 13.4. The van der Waals surface area contributed by atoms with Crippen LogP contribution in [0.5, 0.6) is 0 Å². The number of aryl methyl sites for hydroxylation is 1. The van der Waals surface area contributed by atoms with Crippen molar-refractivity contribution >= 4 is 22.6 Å². The van der Waals surface area contributed by atoms with Crippen molar-refractivity contribution in [1.29, 1.82) is 0 Å². The van der Waals surface area contributed by atoms with Gasteiger partial charge in [-0.3, -0.25) is 9.59 Å². The molecule has 1 aromatic carbocycles. The largest absolute Gasteiger partial charge is 0.451 e. The summed E-state index contributed by atoms with van der Waals surface area (Å²) in [4.78, 5) is 37.5. The molecule has 1 heterocycles. The molecule has 7 nitrogen and oxygen atoms in total. The van der Waals surface area contributed by atoms with Gasteiger partial charge in [0, 0.05) is 26.0 Å². The van der Waals surface area contributed by atoms with Crippen molar-refractivity contribution < 1.29 is 14.3 Å². The Bertz CT molecular complexity index is 796. The van der Waals surface area contributed by atoms with Crippen LogP contribution in [-0.4, -0.2) is 47.3 Å². The van der Waals surface area contributed by atoms with Crippen LogP contribution in [0.15, 0.2) is 29.1 Å². The first-order valence-electron chi connectivity index (χ1n) is 7.32. The first-order valence-corrected chi connectivity index (χ1v) is 7.32. The zero-order chi connectivity index (χ0) is 17.0. The molecule has 0 aliphatic carbocycles. The maximum absolute atomic E-state index is 12.3. The molecule has 122 valence electrons. The van der Waals surface area contributed by atoms with Crippen molar-refractivity contribution in [2.75, 3.05) is 20.7 Å². The quantitative estimate of drug-likeness (QED) is 0.770. The van der Waals surface area contributed by atoms with Crippen molar-refractivity contribution in [2.24, 2.45) is 0 Å². The summed E-state index contributed by atoms with van der Waals surface area (Å²) in [6.45, 7) is 1.95. The Balaban J connectivity index is 2.43. The molecule has 1 aromatic heterocycles. The van der Waals surface area contributed by atoms with Gasteiger partial charge in [0.25, 0.3) is 11.5 Å². The van der Waals surface area contributed by atoms with E-state index in [2.05, 4.69) is 5.10 Å². The number of esters is 1. The van der Waals surface area contributed by atoms with Crippen LogP contribution in [0.4, 0.5) is 0 Å². The predicted octanol–water partition coefficient (Wildman–Crippen LogP) is 1.05. The molecule has 0 aliphatic rings. The smallest absolute Gasteiger partial charge is 0.359 e. The summed E-state index contributed by atoms with van der Waals surface area (Å²) < 4.78 is 6.28. The molecule has 0 saturated carbocycles. The van der Waals surface area contributed by atoms with Crippen LogP contribution in [0.1, 0.15) is 23.8 Å². The number of nitrogens with zero attached hydrogens (tertiary/aromatic N) is 3. The van der Waals surface area contributed by atoms with Crippen molar-refractivity contribution in [3.8, 4) is 0 Å². The molecule has 1 amide bonds. The number of aromatic nitrogens is 2. The fourth-order valence-corrected chi connectivity index (χ4v) is 2.07. The molecule has 0 saturated heterocycles. The van der Waals surface area contributed by atoms with E-state index >= 15 is 0 Å². The molecule has 0 fully saturated rings. The number of hydrogen-bond acceptors (Lipinski definition) is 5. The van der Waals surface area contributed by atoms with E-state index in [0.717, 1.165) is 0 Å². The lowest BCUT2D eigenvalue weighted by atomic mass is 10.1. The van der Waals surface area contributed by atoms with Gasteiger partial charge in [-0.05, 0) is 12.5 Å². The van der Waals surface area contributed by atoms with E-state index in [9.17, 15) is 14.4 Å². The zero-order valence-corrected chi connectivity index (χ0v) is 13.4. The number of likely N-dealkylation sites (N-methyl/N-ethyl adjacent to an activating group) is 1. The highest BCUT2D eigenvalue weighted by Crippen LogP contribution is 2.14. The highest BCUT2D eigenvalue weighted by molar-refractivity contribution is 6.02. The van der Waals surface area contributed by atoms with E-state index < -0.39 is 5.97 Å². The lowest BCUT2D eigenvalue weighted by Crippen LogP contribution is -2.29. The van der Waals surface area contributed by atoms with Gasteiger partial charge >= 0.3 is 5.97 Å². The van der Waals surface area contributed by atoms with Gasteiger partial charge in [-0.2, -0.15) is 5.10 Å². The molecule has 0 radical (unpaired) electrons. The van der Waals surface area contributed by atoms with Crippen LogP contribution in [-0.2, 0) is 16.1 Å². The fraction of sp³-hybridized carbons (Fsp3) is 0.375. The van der Waals surface area contributed by atoms with Gasteiger partial charge in [0.1, 0.15) is 0 Å². The topological polar surface area (TPSA) is 81.5 Å². The molecule has 0 bridgehead atoms. The third-order valence-corrected chi connectivity index (χ3v) is 3.32. The molecular weight excluding hydrogens is 298 g/mol.